The summed E-state index contributed by atoms with van der Waals surface area (Å²) in [5, 5.41) is 0.323. The van der Waals surface area contributed by atoms with Crippen LogP contribution in [-0.4, -0.2) is 10.9 Å². The van der Waals surface area contributed by atoms with E-state index in [-0.39, 0.29) is 6.04 Å². The van der Waals surface area contributed by atoms with Gasteiger partial charge in [0, 0.05) is 17.8 Å². The van der Waals surface area contributed by atoms with Crippen LogP contribution in [0.4, 0.5) is 0 Å². The predicted octanol–water partition coefficient (Wildman–Crippen LogP) is 1.24. The minimum Gasteiger partial charge on any atom is -0.366 e. The molecule has 0 unspecified atom stereocenters. The van der Waals surface area contributed by atoms with Crippen LogP contribution >= 0.6 is 11.6 Å². The summed E-state index contributed by atoms with van der Waals surface area (Å²) in [6.45, 7) is 1.93. The van der Waals surface area contributed by atoms with Gasteiger partial charge in [0.2, 0.25) is 5.91 Å². The number of pyridine rings is 1. The van der Waals surface area contributed by atoms with Crippen molar-refractivity contribution in [1.82, 2.24) is 4.98 Å². The summed E-state index contributed by atoms with van der Waals surface area (Å²) in [7, 11) is 0. The molecule has 0 fully saturated rings. The number of halogens is 1. The highest BCUT2D eigenvalue weighted by Gasteiger charge is 2.12. The molecule has 4 N–H and O–H groups in total. The predicted molar refractivity (Wildman–Crippen MR) is 55.0 cm³/mol. The molecule has 1 aromatic heterocycles. The zero-order valence-electron chi connectivity index (χ0n) is 7.83. The molecular formula is C9H12ClN3O. The fourth-order valence-electron chi connectivity index (χ4n) is 1.08. The van der Waals surface area contributed by atoms with Gasteiger partial charge in [0.25, 0.3) is 0 Å². The van der Waals surface area contributed by atoms with Gasteiger partial charge in [-0.25, -0.2) is 4.98 Å². The summed E-state index contributed by atoms with van der Waals surface area (Å²) in [4.78, 5) is 14.7. The highest BCUT2D eigenvalue weighted by Crippen LogP contribution is 2.22. The lowest BCUT2D eigenvalue weighted by atomic mass is 10.1. The van der Waals surface area contributed by atoms with Gasteiger partial charge in [-0.3, -0.25) is 4.79 Å². The van der Waals surface area contributed by atoms with E-state index < -0.39 is 5.91 Å². The molecular weight excluding hydrogens is 202 g/mol. The number of nitrogens with two attached hydrogens (primary N) is 2. The zero-order chi connectivity index (χ0) is 10.7. The van der Waals surface area contributed by atoms with Gasteiger partial charge in [0.15, 0.2) is 0 Å². The van der Waals surface area contributed by atoms with E-state index in [4.69, 9.17) is 23.1 Å². The summed E-state index contributed by atoms with van der Waals surface area (Å²) < 4.78 is 0. The van der Waals surface area contributed by atoms with Crippen molar-refractivity contribution in [3.05, 3.63) is 28.5 Å². The van der Waals surface area contributed by atoms with Gasteiger partial charge in [-0.05, 0) is 12.5 Å². The zero-order valence-corrected chi connectivity index (χ0v) is 8.58. The Hall–Kier alpha value is -1.13. The van der Waals surface area contributed by atoms with Crippen molar-refractivity contribution < 1.29 is 4.79 Å². The first-order chi connectivity index (χ1) is 6.56. The molecule has 0 aliphatic heterocycles. The first kappa shape index (κ1) is 10.9. The molecule has 1 atom stereocenters. The normalized spacial score (nSPS) is 12.5. The lowest BCUT2D eigenvalue weighted by Crippen LogP contribution is -2.15. The Kier molecular flexibility index (Phi) is 3.43. The summed E-state index contributed by atoms with van der Waals surface area (Å²) in [6.07, 6.45) is 2.07. The third-order valence-electron chi connectivity index (χ3n) is 1.99. The maximum Gasteiger partial charge on any atom is 0.250 e. The highest BCUT2D eigenvalue weighted by atomic mass is 35.5. The largest absolute Gasteiger partial charge is 0.366 e. The molecule has 14 heavy (non-hydrogen) atoms. The molecule has 1 amide bonds. The van der Waals surface area contributed by atoms with Crippen LogP contribution in [0.1, 0.15) is 35.3 Å². The average molecular weight is 214 g/mol. The summed E-state index contributed by atoms with van der Waals surface area (Å²) in [5.41, 5.74) is 11.9. The van der Waals surface area contributed by atoms with E-state index in [1.54, 1.807) is 6.07 Å². The van der Waals surface area contributed by atoms with E-state index in [9.17, 15) is 4.79 Å². The van der Waals surface area contributed by atoms with Gasteiger partial charge in [-0.2, -0.15) is 0 Å². The Bertz CT molecular complexity index is 354. The molecule has 0 saturated carbocycles. The van der Waals surface area contributed by atoms with Crippen LogP contribution in [0.15, 0.2) is 12.3 Å². The number of rotatable bonds is 3. The molecule has 5 heteroatoms. The Morgan fingerprint density at radius 1 is 1.71 bits per heavy atom. The minimum absolute atomic E-state index is 0.214. The fraction of sp³-hybridized carbons (Fsp3) is 0.333. The number of carbonyl (C=O) groups is 1. The van der Waals surface area contributed by atoms with Crippen LogP contribution < -0.4 is 11.5 Å². The van der Waals surface area contributed by atoms with Gasteiger partial charge in [-0.15, -0.1) is 0 Å². The lowest BCUT2D eigenvalue weighted by molar-refractivity contribution is 0.1000. The average Bonchev–Trinajstić information content (AvgIpc) is 2.17. The third kappa shape index (κ3) is 2.21. The van der Waals surface area contributed by atoms with Gasteiger partial charge >= 0.3 is 0 Å². The first-order valence-electron chi connectivity index (χ1n) is 4.27. The molecule has 4 nitrogen and oxygen atoms in total. The molecule has 0 aromatic carbocycles. The molecule has 0 spiro atoms. The number of hydrogen-bond acceptors (Lipinski definition) is 3. The topological polar surface area (TPSA) is 82.0 Å². The van der Waals surface area contributed by atoms with Gasteiger partial charge in [-0.1, -0.05) is 18.5 Å². The van der Waals surface area contributed by atoms with E-state index in [2.05, 4.69) is 4.98 Å². The number of amides is 1. The summed E-state index contributed by atoms with van der Waals surface area (Å²) in [6, 6.07) is 1.38. The number of hydrogen-bond donors (Lipinski definition) is 2. The fourth-order valence-corrected chi connectivity index (χ4v) is 1.32. The number of nitrogens with zero attached hydrogens (tertiary/aromatic N) is 1. The second kappa shape index (κ2) is 4.39. The number of carbonyl (C=O) groups excluding carboxylic acids is 1. The van der Waals surface area contributed by atoms with E-state index >= 15 is 0 Å². The second-order valence-electron chi connectivity index (χ2n) is 2.98. The van der Waals surface area contributed by atoms with Crippen LogP contribution in [0.25, 0.3) is 0 Å². The van der Waals surface area contributed by atoms with Gasteiger partial charge in [0.05, 0.1) is 5.56 Å². The van der Waals surface area contributed by atoms with Crippen molar-refractivity contribution in [2.24, 2.45) is 11.5 Å². The molecule has 0 aliphatic carbocycles. The van der Waals surface area contributed by atoms with Crippen LogP contribution in [0.2, 0.25) is 5.15 Å². The standard InChI is InChI=1S/C9H12ClN3O/c1-2-7(11)6-3-5(9(12)14)4-13-8(6)10/h3-4,7H,2,11H2,1H3,(H2,12,14)/t7-/m0/s1. The quantitative estimate of drug-likeness (QED) is 0.742. The molecule has 0 radical (unpaired) electrons. The van der Waals surface area contributed by atoms with Crippen molar-refractivity contribution in [2.45, 2.75) is 19.4 Å². The lowest BCUT2D eigenvalue weighted by Gasteiger charge is -2.11. The Morgan fingerprint density at radius 2 is 2.36 bits per heavy atom. The number of primary amides is 1. The Morgan fingerprint density at radius 3 is 2.86 bits per heavy atom. The van der Waals surface area contributed by atoms with E-state index in [0.717, 1.165) is 6.42 Å². The smallest absolute Gasteiger partial charge is 0.250 e. The molecule has 0 bridgehead atoms. The molecule has 1 rings (SSSR count). The maximum absolute atomic E-state index is 10.9. The van der Waals surface area contributed by atoms with E-state index in [1.807, 2.05) is 6.92 Å². The van der Waals surface area contributed by atoms with E-state index in [1.165, 1.54) is 6.20 Å². The van der Waals surface area contributed by atoms with Gasteiger partial charge < -0.3 is 11.5 Å². The van der Waals surface area contributed by atoms with Crippen molar-refractivity contribution in [3.8, 4) is 0 Å². The summed E-state index contributed by atoms with van der Waals surface area (Å²) in [5.74, 6) is -0.529. The molecule has 1 aromatic rings. The monoisotopic (exact) mass is 213 g/mol. The van der Waals surface area contributed by atoms with Crippen LogP contribution in [0.3, 0.4) is 0 Å². The first-order valence-corrected chi connectivity index (χ1v) is 4.64. The van der Waals surface area contributed by atoms with Crippen molar-refractivity contribution in [1.29, 1.82) is 0 Å². The Balaban J connectivity index is 3.14. The van der Waals surface area contributed by atoms with Crippen LogP contribution in [0, 0.1) is 0 Å². The number of aromatic nitrogens is 1. The van der Waals surface area contributed by atoms with Crippen LogP contribution in [0.5, 0.6) is 0 Å². The summed E-state index contributed by atoms with van der Waals surface area (Å²) >= 11 is 5.83. The van der Waals surface area contributed by atoms with Crippen molar-refractivity contribution >= 4 is 17.5 Å². The van der Waals surface area contributed by atoms with Crippen LogP contribution in [-0.2, 0) is 0 Å². The Labute approximate surface area is 87.3 Å². The molecule has 0 saturated heterocycles. The molecule has 0 aliphatic rings. The van der Waals surface area contributed by atoms with Crippen molar-refractivity contribution in [3.63, 3.8) is 0 Å². The van der Waals surface area contributed by atoms with E-state index in [0.29, 0.717) is 16.3 Å². The van der Waals surface area contributed by atoms with Crippen molar-refractivity contribution in [2.75, 3.05) is 0 Å². The molecule has 1 heterocycles. The maximum atomic E-state index is 10.9. The highest BCUT2D eigenvalue weighted by molar-refractivity contribution is 6.30. The SMILES string of the molecule is CC[C@H](N)c1cc(C(N)=O)cnc1Cl. The second-order valence-corrected chi connectivity index (χ2v) is 3.34. The third-order valence-corrected chi connectivity index (χ3v) is 2.31. The van der Waals surface area contributed by atoms with Gasteiger partial charge in [0.1, 0.15) is 5.15 Å². The minimum atomic E-state index is -0.529. The molecule has 76 valence electrons.